The summed E-state index contributed by atoms with van der Waals surface area (Å²) in [5.74, 6) is 0.225. The molecule has 7 nitrogen and oxygen atoms in total. The number of hydrogen-bond donors (Lipinski definition) is 2. The van der Waals surface area contributed by atoms with E-state index in [1.54, 1.807) is 36.4 Å². The first-order valence-electron chi connectivity index (χ1n) is 9.33. The predicted molar refractivity (Wildman–Crippen MR) is 122 cm³/mol. The molecule has 1 aromatic carbocycles. The van der Waals surface area contributed by atoms with Crippen molar-refractivity contribution >= 4 is 55.4 Å². The van der Waals surface area contributed by atoms with Gasteiger partial charge in [-0.15, -0.1) is 0 Å². The van der Waals surface area contributed by atoms with Crippen LogP contribution in [0.5, 0.6) is 0 Å². The topological polar surface area (TPSA) is 105 Å². The molecule has 2 aromatic heterocycles. The molecule has 31 heavy (non-hydrogen) atoms. The third-order valence-corrected chi connectivity index (χ3v) is 6.06. The molecule has 0 radical (unpaired) electrons. The number of imidazole rings is 1. The fourth-order valence-corrected chi connectivity index (χ4v) is 4.10. The molecule has 0 aliphatic heterocycles. The summed E-state index contributed by atoms with van der Waals surface area (Å²) in [5, 5.41) is 3.83. The Kier molecular flexibility index (Phi) is 6.22. The Morgan fingerprint density at radius 3 is 2.74 bits per heavy atom. The van der Waals surface area contributed by atoms with E-state index in [2.05, 4.69) is 20.3 Å². The van der Waals surface area contributed by atoms with Crippen molar-refractivity contribution in [1.29, 1.82) is 0 Å². The predicted octanol–water partition coefficient (Wildman–Crippen LogP) is 3.99. The molecular weight excluding hydrogens is 459 g/mol. The molecule has 0 atom stereocenters. The minimum absolute atomic E-state index is 0.266. The van der Waals surface area contributed by atoms with Gasteiger partial charge in [-0.2, -0.15) is 8.42 Å². The van der Waals surface area contributed by atoms with Crippen LogP contribution in [0.4, 0.5) is 0 Å². The fraction of sp³-hybridized carbons (Fsp3) is 0.143. The van der Waals surface area contributed by atoms with Crippen LogP contribution in [0.25, 0.3) is 22.6 Å². The summed E-state index contributed by atoms with van der Waals surface area (Å²) >= 11 is 12.2. The number of aromatic nitrogens is 3. The van der Waals surface area contributed by atoms with E-state index in [4.69, 9.17) is 23.2 Å². The Balaban J connectivity index is 1.49. The SMILES string of the molecule is O=C(NCCC1=CCC(=S(=O)=O)C=C1)c1ccnc2nc(-c3ccc(Cl)cc3Cl)[nH]c12. The van der Waals surface area contributed by atoms with Crippen molar-refractivity contribution in [2.75, 3.05) is 6.54 Å². The number of carbonyl (C=O) groups excluding carboxylic acids is 1. The molecule has 0 saturated carbocycles. The Hall–Kier alpha value is -2.94. The lowest BCUT2D eigenvalue weighted by molar-refractivity contribution is 0.0955. The summed E-state index contributed by atoms with van der Waals surface area (Å²) in [6.07, 6.45) is 7.66. The van der Waals surface area contributed by atoms with Crippen LogP contribution in [0.3, 0.4) is 0 Å². The number of nitrogens with one attached hydrogen (secondary N) is 2. The highest BCUT2D eigenvalue weighted by atomic mass is 35.5. The second-order valence-corrected chi connectivity index (χ2v) is 8.63. The lowest BCUT2D eigenvalue weighted by Gasteiger charge is -2.09. The average Bonchev–Trinajstić information content (AvgIpc) is 3.18. The van der Waals surface area contributed by atoms with Gasteiger partial charge >= 0.3 is 0 Å². The second-order valence-electron chi connectivity index (χ2n) is 6.79. The minimum Gasteiger partial charge on any atom is -0.352 e. The summed E-state index contributed by atoms with van der Waals surface area (Å²) in [7, 11) is -2.20. The molecule has 2 N–H and O–H groups in total. The van der Waals surface area contributed by atoms with Crippen molar-refractivity contribution in [3.8, 4) is 11.4 Å². The van der Waals surface area contributed by atoms with Gasteiger partial charge in [0.15, 0.2) is 5.65 Å². The molecule has 0 saturated heterocycles. The molecule has 10 heteroatoms. The Morgan fingerprint density at radius 1 is 1.19 bits per heavy atom. The lowest BCUT2D eigenvalue weighted by atomic mass is 10.0. The Morgan fingerprint density at radius 2 is 2.03 bits per heavy atom. The molecule has 1 aliphatic carbocycles. The van der Waals surface area contributed by atoms with Crippen molar-refractivity contribution in [3.63, 3.8) is 0 Å². The van der Waals surface area contributed by atoms with Crippen molar-refractivity contribution in [2.45, 2.75) is 12.8 Å². The number of nitrogens with zero attached hydrogens (tertiary/aromatic N) is 2. The van der Waals surface area contributed by atoms with Gasteiger partial charge in [0.2, 0.25) is 10.3 Å². The number of halogens is 2. The molecule has 0 fully saturated rings. The van der Waals surface area contributed by atoms with E-state index in [1.165, 1.54) is 6.20 Å². The first kappa shape index (κ1) is 21.3. The molecular formula is C21H16Cl2N4O3S. The standard InChI is InChI=1S/C21H16Cl2N4O3S/c22-13-3-6-15(17(23)11-13)19-26-18-16(8-10-24-20(18)27-19)21(28)25-9-7-12-1-4-14(5-2-12)31(29)30/h1-4,6,8,10-11H,5,7,9H2,(H,25,28)(H,24,26,27). The summed E-state index contributed by atoms with van der Waals surface area (Å²) in [6.45, 7) is 0.401. The molecule has 158 valence electrons. The number of benzene rings is 1. The van der Waals surface area contributed by atoms with E-state index in [1.807, 2.05) is 6.08 Å². The van der Waals surface area contributed by atoms with Crippen LogP contribution < -0.4 is 5.32 Å². The van der Waals surface area contributed by atoms with Gasteiger partial charge in [-0.25, -0.2) is 9.97 Å². The number of aromatic amines is 1. The molecule has 2 heterocycles. The molecule has 0 spiro atoms. The Bertz CT molecular complexity index is 1380. The summed E-state index contributed by atoms with van der Waals surface area (Å²) < 4.78 is 21.9. The van der Waals surface area contributed by atoms with E-state index in [-0.39, 0.29) is 5.91 Å². The van der Waals surface area contributed by atoms with E-state index in [0.717, 1.165) is 5.57 Å². The summed E-state index contributed by atoms with van der Waals surface area (Å²) in [6, 6.07) is 6.70. The minimum atomic E-state index is -2.20. The molecule has 1 amide bonds. The number of allylic oxidation sites excluding steroid dienone is 3. The van der Waals surface area contributed by atoms with E-state index < -0.39 is 10.3 Å². The number of pyridine rings is 1. The van der Waals surface area contributed by atoms with Crippen LogP contribution in [0.1, 0.15) is 23.2 Å². The molecule has 0 bridgehead atoms. The van der Waals surface area contributed by atoms with Crippen LogP contribution >= 0.6 is 23.2 Å². The number of carbonyl (C=O) groups is 1. The second kappa shape index (κ2) is 9.05. The lowest BCUT2D eigenvalue weighted by Crippen LogP contribution is -2.25. The Labute approximate surface area is 189 Å². The fourth-order valence-electron chi connectivity index (χ4n) is 3.20. The highest BCUT2D eigenvalue weighted by Gasteiger charge is 2.16. The van der Waals surface area contributed by atoms with Crippen molar-refractivity contribution < 1.29 is 13.2 Å². The number of amides is 1. The zero-order valence-electron chi connectivity index (χ0n) is 16.0. The maximum absolute atomic E-state index is 12.7. The molecule has 4 rings (SSSR count). The zero-order chi connectivity index (χ0) is 22.0. The van der Waals surface area contributed by atoms with Crippen LogP contribution in [-0.2, 0) is 10.3 Å². The average molecular weight is 475 g/mol. The maximum atomic E-state index is 12.7. The van der Waals surface area contributed by atoms with Gasteiger partial charge in [0.05, 0.1) is 21.0 Å². The quantitative estimate of drug-likeness (QED) is 0.543. The molecule has 1 aliphatic rings. The van der Waals surface area contributed by atoms with Crippen LogP contribution in [-0.4, -0.2) is 40.7 Å². The third kappa shape index (κ3) is 4.71. The van der Waals surface area contributed by atoms with E-state index >= 15 is 0 Å². The maximum Gasteiger partial charge on any atom is 0.253 e. The van der Waals surface area contributed by atoms with Crippen LogP contribution in [0.15, 0.2) is 54.3 Å². The summed E-state index contributed by atoms with van der Waals surface area (Å²) in [4.78, 5) is 24.9. The van der Waals surface area contributed by atoms with Crippen LogP contribution in [0.2, 0.25) is 10.0 Å². The van der Waals surface area contributed by atoms with Crippen molar-refractivity contribution in [3.05, 3.63) is 69.9 Å². The number of fused-ring (bicyclic) bond motifs is 1. The van der Waals surface area contributed by atoms with E-state index in [9.17, 15) is 13.2 Å². The third-order valence-electron chi connectivity index (χ3n) is 4.78. The first-order valence-corrected chi connectivity index (χ1v) is 11.2. The number of rotatable bonds is 5. The highest BCUT2D eigenvalue weighted by molar-refractivity contribution is 7.73. The highest BCUT2D eigenvalue weighted by Crippen LogP contribution is 2.30. The van der Waals surface area contributed by atoms with Gasteiger partial charge in [-0.3, -0.25) is 4.79 Å². The molecule has 3 aromatic rings. The smallest absolute Gasteiger partial charge is 0.253 e. The van der Waals surface area contributed by atoms with Gasteiger partial charge in [-0.05, 0) is 42.3 Å². The van der Waals surface area contributed by atoms with E-state index in [0.29, 0.717) is 62.4 Å². The van der Waals surface area contributed by atoms with Gasteiger partial charge in [0.1, 0.15) is 5.82 Å². The van der Waals surface area contributed by atoms with Gasteiger partial charge < -0.3 is 10.3 Å². The van der Waals surface area contributed by atoms with Gasteiger partial charge in [0, 0.05) is 29.7 Å². The summed E-state index contributed by atoms with van der Waals surface area (Å²) in [5.41, 5.74) is 2.95. The molecule has 0 unspecified atom stereocenters. The number of H-pyrrole nitrogens is 1. The van der Waals surface area contributed by atoms with Gasteiger partial charge in [0.25, 0.3) is 5.91 Å². The largest absolute Gasteiger partial charge is 0.352 e. The normalized spacial score (nSPS) is 13.4. The van der Waals surface area contributed by atoms with Gasteiger partial charge in [-0.1, -0.05) is 35.4 Å². The zero-order valence-corrected chi connectivity index (χ0v) is 18.4. The monoisotopic (exact) mass is 474 g/mol. The van der Waals surface area contributed by atoms with Crippen molar-refractivity contribution in [1.82, 2.24) is 20.3 Å². The van der Waals surface area contributed by atoms with Crippen LogP contribution in [0, 0.1) is 0 Å². The number of hydrogen-bond acceptors (Lipinski definition) is 5. The van der Waals surface area contributed by atoms with Crippen molar-refractivity contribution in [2.24, 2.45) is 0 Å². The first-order chi connectivity index (χ1) is 14.9.